The van der Waals surface area contributed by atoms with Gasteiger partial charge in [-0.1, -0.05) is 25.3 Å². The number of hydrazine groups is 1. The number of amides is 4. The van der Waals surface area contributed by atoms with Crippen molar-refractivity contribution in [1.82, 2.24) is 20.1 Å². The molecule has 0 aromatic heterocycles. The van der Waals surface area contributed by atoms with Gasteiger partial charge in [0.15, 0.2) is 0 Å². The molecule has 1 aromatic carbocycles. The number of urea groups is 1. The molecule has 1 spiro atoms. The van der Waals surface area contributed by atoms with Gasteiger partial charge in [0, 0.05) is 18.7 Å². The Balaban J connectivity index is 1.51. The second-order valence-corrected chi connectivity index (χ2v) is 10.7. The summed E-state index contributed by atoms with van der Waals surface area (Å²) in [6.45, 7) is 4.04. The molecule has 10 nitrogen and oxygen atoms in total. The Labute approximate surface area is 187 Å². The SMILES string of the molecule is C[C@@H]1CN(S(=O)(=O)c2cccc(C(=O)NN3C(=O)NC4(CCCCC4)C3=O)c2)C[C@H](C)O1. The van der Waals surface area contributed by atoms with E-state index in [2.05, 4.69) is 10.7 Å². The van der Waals surface area contributed by atoms with Crippen LogP contribution in [0.15, 0.2) is 29.2 Å². The summed E-state index contributed by atoms with van der Waals surface area (Å²) in [7, 11) is -3.84. The Morgan fingerprint density at radius 2 is 1.78 bits per heavy atom. The molecule has 3 fully saturated rings. The van der Waals surface area contributed by atoms with E-state index in [4.69, 9.17) is 4.74 Å². The summed E-state index contributed by atoms with van der Waals surface area (Å²) < 4.78 is 33.2. The first-order valence-electron chi connectivity index (χ1n) is 10.9. The molecule has 4 rings (SSSR count). The molecular weight excluding hydrogens is 436 g/mol. The Morgan fingerprint density at radius 1 is 1.12 bits per heavy atom. The van der Waals surface area contributed by atoms with Gasteiger partial charge < -0.3 is 10.1 Å². The topological polar surface area (TPSA) is 125 Å². The van der Waals surface area contributed by atoms with Crippen molar-refractivity contribution in [3.63, 3.8) is 0 Å². The van der Waals surface area contributed by atoms with Crippen LogP contribution in [0.4, 0.5) is 4.79 Å². The molecule has 1 aliphatic carbocycles. The first-order valence-corrected chi connectivity index (χ1v) is 12.3. The summed E-state index contributed by atoms with van der Waals surface area (Å²) in [4.78, 5) is 38.0. The number of imide groups is 1. The second kappa shape index (κ2) is 8.45. The average Bonchev–Trinajstić information content (AvgIpc) is 2.97. The predicted octanol–water partition coefficient (Wildman–Crippen LogP) is 1.38. The van der Waals surface area contributed by atoms with Gasteiger partial charge in [0.2, 0.25) is 10.0 Å². The quantitative estimate of drug-likeness (QED) is 0.649. The Morgan fingerprint density at radius 3 is 2.44 bits per heavy atom. The van der Waals surface area contributed by atoms with Gasteiger partial charge >= 0.3 is 6.03 Å². The molecule has 11 heteroatoms. The lowest BCUT2D eigenvalue weighted by molar-refractivity contribution is -0.134. The number of hydrogen-bond donors (Lipinski definition) is 2. The third-order valence-corrected chi connectivity index (χ3v) is 8.03. The molecule has 174 valence electrons. The lowest BCUT2D eigenvalue weighted by Gasteiger charge is -2.34. The van der Waals surface area contributed by atoms with Crippen molar-refractivity contribution in [2.45, 2.75) is 68.6 Å². The van der Waals surface area contributed by atoms with Crippen LogP contribution in [0.3, 0.4) is 0 Å². The number of nitrogens with zero attached hydrogens (tertiary/aromatic N) is 2. The third kappa shape index (κ3) is 4.12. The van der Waals surface area contributed by atoms with Crippen molar-refractivity contribution >= 4 is 27.9 Å². The van der Waals surface area contributed by atoms with Gasteiger partial charge in [0.1, 0.15) is 5.54 Å². The molecule has 0 unspecified atom stereocenters. The summed E-state index contributed by atoms with van der Waals surface area (Å²) in [6, 6.07) is 4.90. The fourth-order valence-electron chi connectivity index (χ4n) is 4.66. The molecule has 1 saturated carbocycles. The summed E-state index contributed by atoms with van der Waals surface area (Å²) in [6.07, 6.45) is 3.24. The largest absolute Gasteiger partial charge is 0.373 e. The van der Waals surface area contributed by atoms with E-state index in [1.807, 2.05) is 0 Å². The maximum absolute atomic E-state index is 13.1. The van der Waals surface area contributed by atoms with E-state index >= 15 is 0 Å². The second-order valence-electron chi connectivity index (χ2n) is 8.76. The molecule has 3 aliphatic rings. The smallest absolute Gasteiger partial charge is 0.344 e. The van der Waals surface area contributed by atoms with Crippen LogP contribution in [-0.2, 0) is 19.6 Å². The van der Waals surface area contributed by atoms with Gasteiger partial charge in [-0.2, -0.15) is 9.31 Å². The number of rotatable bonds is 4. The van der Waals surface area contributed by atoms with Crippen molar-refractivity contribution in [2.24, 2.45) is 0 Å². The van der Waals surface area contributed by atoms with E-state index in [-0.39, 0.29) is 35.8 Å². The summed E-state index contributed by atoms with van der Waals surface area (Å²) in [5.41, 5.74) is 1.42. The first-order chi connectivity index (χ1) is 15.1. The fourth-order valence-corrected chi connectivity index (χ4v) is 6.29. The summed E-state index contributed by atoms with van der Waals surface area (Å²) in [5, 5.41) is 3.43. The number of ether oxygens (including phenoxy) is 1. The van der Waals surface area contributed by atoms with Crippen molar-refractivity contribution in [3.8, 4) is 0 Å². The van der Waals surface area contributed by atoms with E-state index in [1.165, 1.54) is 28.6 Å². The molecule has 2 aliphatic heterocycles. The monoisotopic (exact) mass is 464 g/mol. The van der Waals surface area contributed by atoms with Crippen LogP contribution in [0.2, 0.25) is 0 Å². The fraction of sp³-hybridized carbons (Fsp3) is 0.571. The van der Waals surface area contributed by atoms with Crippen LogP contribution in [0.5, 0.6) is 0 Å². The number of carbonyl (C=O) groups is 3. The summed E-state index contributed by atoms with van der Waals surface area (Å²) >= 11 is 0. The molecule has 2 saturated heterocycles. The molecule has 4 amide bonds. The molecule has 2 heterocycles. The molecule has 0 radical (unpaired) electrons. The van der Waals surface area contributed by atoms with E-state index in [9.17, 15) is 22.8 Å². The maximum atomic E-state index is 13.1. The highest BCUT2D eigenvalue weighted by Crippen LogP contribution is 2.33. The van der Waals surface area contributed by atoms with E-state index in [1.54, 1.807) is 13.8 Å². The van der Waals surface area contributed by atoms with Crippen LogP contribution in [0.25, 0.3) is 0 Å². The van der Waals surface area contributed by atoms with Gasteiger partial charge in [0.05, 0.1) is 17.1 Å². The Kier molecular flexibility index (Phi) is 5.99. The Bertz CT molecular complexity index is 1030. The van der Waals surface area contributed by atoms with Gasteiger partial charge in [-0.3, -0.25) is 15.0 Å². The van der Waals surface area contributed by atoms with Crippen LogP contribution in [-0.4, -0.2) is 66.4 Å². The normalized spacial score (nSPS) is 26.2. The Hall–Kier alpha value is -2.50. The van der Waals surface area contributed by atoms with Crippen LogP contribution < -0.4 is 10.7 Å². The number of morpholine rings is 1. The predicted molar refractivity (Wildman–Crippen MR) is 114 cm³/mol. The number of nitrogens with one attached hydrogen (secondary N) is 2. The standard InChI is InChI=1S/C21H28N4O6S/c1-14-12-24(13-15(2)31-14)32(29,30)17-8-6-7-16(11-17)18(26)23-25-19(27)21(22-20(25)28)9-4-3-5-10-21/h6-8,11,14-15H,3-5,9-10,12-13H2,1-2H3,(H,22,28)(H,23,26)/t14-,15+. The number of carbonyl (C=O) groups excluding carboxylic acids is 3. The van der Waals surface area contributed by atoms with Gasteiger partial charge in [0.25, 0.3) is 11.8 Å². The van der Waals surface area contributed by atoms with E-state index < -0.39 is 33.4 Å². The van der Waals surface area contributed by atoms with Crippen LogP contribution in [0.1, 0.15) is 56.3 Å². The van der Waals surface area contributed by atoms with Gasteiger partial charge in [-0.15, -0.1) is 0 Å². The van der Waals surface area contributed by atoms with Gasteiger partial charge in [-0.25, -0.2) is 13.2 Å². The minimum atomic E-state index is -3.84. The molecular formula is C21H28N4O6S. The lowest BCUT2D eigenvalue weighted by Crippen LogP contribution is -2.51. The first kappa shape index (κ1) is 22.7. The molecule has 32 heavy (non-hydrogen) atoms. The lowest BCUT2D eigenvalue weighted by atomic mass is 9.82. The van der Waals surface area contributed by atoms with Crippen molar-refractivity contribution in [2.75, 3.05) is 13.1 Å². The molecule has 0 bridgehead atoms. The maximum Gasteiger partial charge on any atom is 0.344 e. The zero-order valence-electron chi connectivity index (χ0n) is 18.2. The zero-order chi connectivity index (χ0) is 23.1. The number of sulfonamides is 1. The van der Waals surface area contributed by atoms with Crippen molar-refractivity contribution < 1.29 is 27.5 Å². The number of benzene rings is 1. The highest BCUT2D eigenvalue weighted by molar-refractivity contribution is 7.89. The van der Waals surface area contributed by atoms with E-state index in [0.29, 0.717) is 17.9 Å². The van der Waals surface area contributed by atoms with Crippen molar-refractivity contribution in [1.29, 1.82) is 0 Å². The molecule has 2 N–H and O–H groups in total. The van der Waals surface area contributed by atoms with E-state index in [0.717, 1.165) is 19.3 Å². The molecule has 1 aromatic rings. The van der Waals surface area contributed by atoms with Gasteiger partial charge in [-0.05, 0) is 44.9 Å². The van der Waals surface area contributed by atoms with Crippen LogP contribution in [0, 0.1) is 0 Å². The highest BCUT2D eigenvalue weighted by Gasteiger charge is 2.52. The number of hydrogen-bond acceptors (Lipinski definition) is 6. The zero-order valence-corrected chi connectivity index (χ0v) is 19.0. The molecule has 2 atom stereocenters. The minimum Gasteiger partial charge on any atom is -0.373 e. The average molecular weight is 465 g/mol. The highest BCUT2D eigenvalue weighted by atomic mass is 32.2. The summed E-state index contributed by atoms with van der Waals surface area (Å²) in [5.74, 6) is -1.21. The van der Waals surface area contributed by atoms with Crippen LogP contribution >= 0.6 is 0 Å². The van der Waals surface area contributed by atoms with Crippen molar-refractivity contribution in [3.05, 3.63) is 29.8 Å². The minimum absolute atomic E-state index is 0.0330. The third-order valence-electron chi connectivity index (χ3n) is 6.20.